The van der Waals surface area contributed by atoms with E-state index in [1.807, 2.05) is 30.0 Å². The number of piperazine rings is 1. The standard InChI is InChI=1S/C19H21N3O3/c1-15(16-7-9-18(10-8-16)22(24)25)19(23)21-13-11-20(12-14-21)17-5-3-2-4-6-17/h2-10,15H,11-14H2,1H3/t15-/m1/s1. The Morgan fingerprint density at radius 1 is 1.00 bits per heavy atom. The molecule has 130 valence electrons. The predicted octanol–water partition coefficient (Wildman–Crippen LogP) is 3.05. The lowest BCUT2D eigenvalue weighted by molar-refractivity contribution is -0.384. The Kier molecular flexibility index (Phi) is 4.97. The van der Waals surface area contributed by atoms with E-state index in [2.05, 4.69) is 17.0 Å². The Morgan fingerprint density at radius 3 is 2.16 bits per heavy atom. The molecule has 0 N–H and O–H groups in total. The van der Waals surface area contributed by atoms with Gasteiger partial charge in [-0.2, -0.15) is 0 Å². The number of rotatable bonds is 4. The van der Waals surface area contributed by atoms with Crippen LogP contribution in [0.2, 0.25) is 0 Å². The van der Waals surface area contributed by atoms with Crippen molar-refractivity contribution in [3.05, 3.63) is 70.3 Å². The maximum Gasteiger partial charge on any atom is 0.269 e. The summed E-state index contributed by atoms with van der Waals surface area (Å²) in [6, 6.07) is 16.4. The van der Waals surface area contributed by atoms with Gasteiger partial charge in [-0.3, -0.25) is 14.9 Å². The summed E-state index contributed by atoms with van der Waals surface area (Å²) in [5, 5.41) is 10.7. The molecule has 1 saturated heterocycles. The molecule has 1 amide bonds. The largest absolute Gasteiger partial charge is 0.368 e. The summed E-state index contributed by atoms with van der Waals surface area (Å²) in [5.74, 6) is -0.231. The molecule has 1 heterocycles. The maximum absolute atomic E-state index is 12.7. The summed E-state index contributed by atoms with van der Waals surface area (Å²) >= 11 is 0. The molecule has 6 heteroatoms. The highest BCUT2D eigenvalue weighted by atomic mass is 16.6. The van der Waals surface area contributed by atoms with Crippen LogP contribution in [-0.2, 0) is 4.79 Å². The van der Waals surface area contributed by atoms with Gasteiger partial charge in [-0.15, -0.1) is 0 Å². The number of carbonyl (C=O) groups excluding carboxylic acids is 1. The van der Waals surface area contributed by atoms with Gasteiger partial charge in [0, 0.05) is 44.0 Å². The van der Waals surface area contributed by atoms with Gasteiger partial charge in [-0.25, -0.2) is 0 Å². The van der Waals surface area contributed by atoms with Crippen molar-refractivity contribution in [2.24, 2.45) is 0 Å². The lowest BCUT2D eigenvalue weighted by Gasteiger charge is -2.37. The summed E-state index contributed by atoms with van der Waals surface area (Å²) in [5.41, 5.74) is 2.03. The molecule has 0 radical (unpaired) electrons. The quantitative estimate of drug-likeness (QED) is 0.634. The molecule has 1 aliphatic heterocycles. The van der Waals surface area contributed by atoms with Crippen LogP contribution in [0.1, 0.15) is 18.4 Å². The minimum atomic E-state index is -0.431. The second-order valence-corrected chi connectivity index (χ2v) is 6.22. The number of anilines is 1. The lowest BCUT2D eigenvalue weighted by atomic mass is 9.99. The molecule has 2 aromatic rings. The minimum absolute atomic E-state index is 0.0416. The summed E-state index contributed by atoms with van der Waals surface area (Å²) in [6.07, 6.45) is 0. The summed E-state index contributed by atoms with van der Waals surface area (Å²) in [6.45, 7) is 4.84. The van der Waals surface area contributed by atoms with E-state index >= 15 is 0 Å². The van der Waals surface area contributed by atoms with Crippen molar-refractivity contribution >= 4 is 17.3 Å². The Balaban J connectivity index is 1.61. The van der Waals surface area contributed by atoms with Crippen molar-refractivity contribution in [2.45, 2.75) is 12.8 Å². The number of nitrogens with zero attached hydrogens (tertiary/aromatic N) is 3. The van der Waals surface area contributed by atoms with Crippen LogP contribution < -0.4 is 4.90 Å². The molecule has 0 saturated carbocycles. The zero-order valence-corrected chi connectivity index (χ0v) is 14.2. The fraction of sp³-hybridized carbons (Fsp3) is 0.316. The van der Waals surface area contributed by atoms with Gasteiger partial charge in [-0.05, 0) is 24.6 Å². The van der Waals surface area contributed by atoms with E-state index in [4.69, 9.17) is 0 Å². The van der Waals surface area contributed by atoms with E-state index in [1.165, 1.54) is 17.8 Å². The van der Waals surface area contributed by atoms with Gasteiger partial charge in [0.05, 0.1) is 10.8 Å². The van der Waals surface area contributed by atoms with Crippen molar-refractivity contribution in [1.29, 1.82) is 0 Å². The number of nitro groups is 1. The summed E-state index contributed by atoms with van der Waals surface area (Å²) in [7, 11) is 0. The van der Waals surface area contributed by atoms with E-state index in [0.29, 0.717) is 13.1 Å². The molecule has 0 bridgehead atoms. The van der Waals surface area contributed by atoms with Crippen LogP contribution in [0.4, 0.5) is 11.4 Å². The van der Waals surface area contributed by atoms with Crippen molar-refractivity contribution in [1.82, 2.24) is 4.90 Å². The molecule has 25 heavy (non-hydrogen) atoms. The molecular weight excluding hydrogens is 318 g/mol. The average molecular weight is 339 g/mol. The van der Waals surface area contributed by atoms with Gasteiger partial charge in [0.2, 0.25) is 5.91 Å². The van der Waals surface area contributed by atoms with E-state index in [1.54, 1.807) is 12.1 Å². The third-order valence-corrected chi connectivity index (χ3v) is 4.69. The van der Waals surface area contributed by atoms with E-state index in [9.17, 15) is 14.9 Å². The van der Waals surface area contributed by atoms with Gasteiger partial charge in [0.25, 0.3) is 5.69 Å². The van der Waals surface area contributed by atoms with Gasteiger partial charge in [0.1, 0.15) is 0 Å². The Hall–Kier alpha value is -2.89. The highest BCUT2D eigenvalue weighted by Crippen LogP contribution is 2.23. The molecule has 3 rings (SSSR count). The monoisotopic (exact) mass is 339 g/mol. The second-order valence-electron chi connectivity index (χ2n) is 6.22. The molecule has 1 fully saturated rings. The van der Waals surface area contributed by atoms with Crippen LogP contribution in [0.15, 0.2) is 54.6 Å². The van der Waals surface area contributed by atoms with E-state index < -0.39 is 4.92 Å². The zero-order chi connectivity index (χ0) is 17.8. The Bertz CT molecular complexity index is 738. The topological polar surface area (TPSA) is 66.7 Å². The summed E-state index contributed by atoms with van der Waals surface area (Å²) in [4.78, 5) is 27.2. The summed E-state index contributed by atoms with van der Waals surface area (Å²) < 4.78 is 0. The van der Waals surface area contributed by atoms with Crippen LogP contribution in [0.5, 0.6) is 0 Å². The highest BCUT2D eigenvalue weighted by Gasteiger charge is 2.26. The van der Waals surface area contributed by atoms with Gasteiger partial charge in [0.15, 0.2) is 0 Å². The Labute approximate surface area is 146 Å². The number of non-ortho nitro benzene ring substituents is 1. The van der Waals surface area contributed by atoms with Crippen LogP contribution in [0.3, 0.4) is 0 Å². The molecule has 1 aliphatic rings. The number of nitro benzene ring substituents is 1. The first-order valence-electron chi connectivity index (χ1n) is 8.39. The fourth-order valence-corrected chi connectivity index (χ4v) is 3.12. The number of hydrogen-bond acceptors (Lipinski definition) is 4. The molecule has 0 aliphatic carbocycles. The third-order valence-electron chi connectivity index (χ3n) is 4.69. The van der Waals surface area contributed by atoms with Crippen LogP contribution in [0.25, 0.3) is 0 Å². The lowest BCUT2D eigenvalue weighted by Crippen LogP contribution is -2.49. The van der Waals surface area contributed by atoms with Crippen molar-refractivity contribution < 1.29 is 9.72 Å². The third kappa shape index (κ3) is 3.79. The molecular formula is C19H21N3O3. The van der Waals surface area contributed by atoms with E-state index in [-0.39, 0.29) is 17.5 Å². The number of carbonyl (C=O) groups is 1. The number of amides is 1. The zero-order valence-electron chi connectivity index (χ0n) is 14.2. The van der Waals surface area contributed by atoms with Gasteiger partial charge >= 0.3 is 0 Å². The molecule has 0 aromatic heterocycles. The fourth-order valence-electron chi connectivity index (χ4n) is 3.12. The van der Waals surface area contributed by atoms with Gasteiger partial charge < -0.3 is 9.80 Å². The van der Waals surface area contributed by atoms with Crippen LogP contribution >= 0.6 is 0 Å². The van der Waals surface area contributed by atoms with Gasteiger partial charge in [-0.1, -0.05) is 30.3 Å². The number of para-hydroxylation sites is 1. The highest BCUT2D eigenvalue weighted by molar-refractivity contribution is 5.83. The maximum atomic E-state index is 12.7. The predicted molar refractivity (Wildman–Crippen MR) is 96.7 cm³/mol. The average Bonchev–Trinajstić information content (AvgIpc) is 2.67. The molecule has 2 aromatic carbocycles. The number of benzene rings is 2. The van der Waals surface area contributed by atoms with Crippen LogP contribution in [-0.4, -0.2) is 41.9 Å². The first-order chi connectivity index (χ1) is 12.1. The molecule has 0 spiro atoms. The minimum Gasteiger partial charge on any atom is -0.368 e. The second kappa shape index (κ2) is 7.34. The smallest absolute Gasteiger partial charge is 0.269 e. The first-order valence-corrected chi connectivity index (χ1v) is 8.39. The molecule has 6 nitrogen and oxygen atoms in total. The molecule has 1 atom stereocenters. The van der Waals surface area contributed by atoms with E-state index in [0.717, 1.165) is 18.7 Å². The van der Waals surface area contributed by atoms with Crippen molar-refractivity contribution in [2.75, 3.05) is 31.1 Å². The normalized spacial score (nSPS) is 15.7. The van der Waals surface area contributed by atoms with Crippen molar-refractivity contribution in [3.8, 4) is 0 Å². The SMILES string of the molecule is C[C@@H](C(=O)N1CCN(c2ccccc2)CC1)c1ccc([N+](=O)[O-])cc1. The van der Waals surface area contributed by atoms with Crippen LogP contribution in [0, 0.1) is 10.1 Å². The molecule has 0 unspecified atom stereocenters. The van der Waals surface area contributed by atoms with Crippen molar-refractivity contribution in [3.63, 3.8) is 0 Å². The first kappa shape index (κ1) is 17.0. The number of hydrogen-bond donors (Lipinski definition) is 0. The Morgan fingerprint density at radius 2 is 1.60 bits per heavy atom.